The van der Waals surface area contributed by atoms with Crippen LogP contribution in [0.1, 0.15) is 22.6 Å². The molecule has 2 aromatic heterocycles. The summed E-state index contributed by atoms with van der Waals surface area (Å²) in [6, 6.07) is 6.97. The number of rotatable bonds is 5. The molecule has 0 saturated carbocycles. The van der Waals surface area contributed by atoms with Crippen molar-refractivity contribution in [1.29, 1.82) is 0 Å². The van der Waals surface area contributed by atoms with Gasteiger partial charge in [0, 0.05) is 25.5 Å². The molecule has 1 N–H and O–H groups in total. The molecule has 6 nitrogen and oxygen atoms in total. The Hall–Kier alpha value is -2.63. The summed E-state index contributed by atoms with van der Waals surface area (Å²) in [6.45, 7) is 3.61. The normalized spacial score (nSPS) is 11.1. The molecule has 2 heterocycles. The van der Waals surface area contributed by atoms with Gasteiger partial charge in [-0.3, -0.25) is 4.68 Å². The van der Waals surface area contributed by atoms with E-state index in [4.69, 9.17) is 5.11 Å². The van der Waals surface area contributed by atoms with Crippen LogP contribution in [0.4, 0.5) is 0 Å². The summed E-state index contributed by atoms with van der Waals surface area (Å²) in [5, 5.41) is 13.2. The average molecular weight is 284 g/mol. The van der Waals surface area contributed by atoms with Gasteiger partial charge in [0.2, 0.25) is 0 Å². The second-order valence-electron chi connectivity index (χ2n) is 4.94. The van der Waals surface area contributed by atoms with Gasteiger partial charge in [-0.15, -0.1) is 0 Å². The minimum Gasteiger partial charge on any atom is -0.478 e. The van der Waals surface area contributed by atoms with E-state index < -0.39 is 5.97 Å². The Morgan fingerprint density at radius 2 is 2.19 bits per heavy atom. The summed E-state index contributed by atoms with van der Waals surface area (Å²) in [5.74, 6) is -0.0317. The van der Waals surface area contributed by atoms with E-state index in [2.05, 4.69) is 14.6 Å². The Balaban J connectivity index is 1.81. The topological polar surface area (TPSA) is 72.9 Å². The quantitative estimate of drug-likeness (QED) is 0.780. The zero-order chi connectivity index (χ0) is 14.8. The number of hydrogen-bond acceptors (Lipinski definition) is 3. The maximum atomic E-state index is 11.0. The van der Waals surface area contributed by atoms with Crippen molar-refractivity contribution in [3.8, 4) is 0 Å². The molecule has 0 amide bonds. The predicted molar refractivity (Wildman–Crippen MR) is 78.3 cm³/mol. The largest absolute Gasteiger partial charge is 0.478 e. The van der Waals surface area contributed by atoms with E-state index in [9.17, 15) is 4.79 Å². The number of aryl methyl sites for hydroxylation is 3. The van der Waals surface area contributed by atoms with E-state index in [1.165, 1.54) is 0 Å². The maximum absolute atomic E-state index is 11.0. The summed E-state index contributed by atoms with van der Waals surface area (Å²) in [4.78, 5) is 15.4. The molecule has 3 aromatic rings. The molecular formula is C15H16N4O2. The highest BCUT2D eigenvalue weighted by atomic mass is 16.4. The Bertz CT molecular complexity index is 774. The van der Waals surface area contributed by atoms with Crippen molar-refractivity contribution in [3.63, 3.8) is 0 Å². The molecule has 0 atom stereocenters. The van der Waals surface area contributed by atoms with E-state index in [0.717, 1.165) is 36.4 Å². The van der Waals surface area contributed by atoms with Crippen molar-refractivity contribution in [3.05, 3.63) is 48.0 Å². The number of imidazole rings is 1. The van der Waals surface area contributed by atoms with Gasteiger partial charge in [0.25, 0.3) is 0 Å². The second-order valence-corrected chi connectivity index (χ2v) is 4.94. The standard InChI is InChI=1S/C15H16N4O2/c1-11-17-13-10-12(15(20)21)4-5-14(13)19(11)9-3-8-18-7-2-6-16-18/h2,4-7,10H,3,8-9H2,1H3,(H,20,21). The first kappa shape index (κ1) is 13.4. The number of fused-ring (bicyclic) bond motifs is 1. The van der Waals surface area contributed by atoms with Crippen LogP contribution in [0, 0.1) is 6.92 Å². The zero-order valence-corrected chi connectivity index (χ0v) is 11.7. The second kappa shape index (κ2) is 5.40. The van der Waals surface area contributed by atoms with Gasteiger partial charge >= 0.3 is 5.97 Å². The SMILES string of the molecule is Cc1nc2cc(C(=O)O)ccc2n1CCCn1cccn1. The summed E-state index contributed by atoms with van der Waals surface area (Å²) >= 11 is 0. The van der Waals surface area contributed by atoms with Gasteiger partial charge < -0.3 is 9.67 Å². The van der Waals surface area contributed by atoms with Crippen LogP contribution in [0.25, 0.3) is 11.0 Å². The van der Waals surface area contributed by atoms with Gasteiger partial charge in [-0.05, 0) is 37.6 Å². The molecule has 0 fully saturated rings. The molecule has 21 heavy (non-hydrogen) atoms. The highest BCUT2D eigenvalue weighted by Gasteiger charge is 2.10. The van der Waals surface area contributed by atoms with Crippen LogP contribution in [-0.4, -0.2) is 30.4 Å². The number of carboxylic acids is 1. The molecular weight excluding hydrogens is 268 g/mol. The Kier molecular flexibility index (Phi) is 3.43. The van der Waals surface area contributed by atoms with Gasteiger partial charge in [-0.1, -0.05) is 0 Å². The lowest BCUT2D eigenvalue weighted by Gasteiger charge is -2.07. The van der Waals surface area contributed by atoms with E-state index in [1.807, 2.05) is 29.9 Å². The molecule has 0 radical (unpaired) electrons. The highest BCUT2D eigenvalue weighted by molar-refractivity contribution is 5.92. The first-order valence-electron chi connectivity index (χ1n) is 6.83. The van der Waals surface area contributed by atoms with Gasteiger partial charge in [0.1, 0.15) is 5.82 Å². The number of aromatic carboxylic acids is 1. The molecule has 3 rings (SSSR count). The van der Waals surface area contributed by atoms with Crippen LogP contribution >= 0.6 is 0 Å². The lowest BCUT2D eigenvalue weighted by atomic mass is 10.2. The Morgan fingerprint density at radius 1 is 1.33 bits per heavy atom. The molecule has 0 saturated heterocycles. The zero-order valence-electron chi connectivity index (χ0n) is 11.7. The van der Waals surface area contributed by atoms with E-state index in [0.29, 0.717) is 0 Å². The minimum absolute atomic E-state index is 0.267. The van der Waals surface area contributed by atoms with Crippen LogP contribution < -0.4 is 0 Å². The first-order chi connectivity index (χ1) is 10.1. The lowest BCUT2D eigenvalue weighted by molar-refractivity contribution is 0.0697. The summed E-state index contributed by atoms with van der Waals surface area (Å²) < 4.78 is 4.02. The van der Waals surface area contributed by atoms with Gasteiger partial charge in [-0.2, -0.15) is 5.10 Å². The molecule has 0 aliphatic carbocycles. The number of carbonyl (C=O) groups is 1. The van der Waals surface area contributed by atoms with Gasteiger partial charge in [0.05, 0.1) is 16.6 Å². The van der Waals surface area contributed by atoms with Crippen LogP contribution in [0.15, 0.2) is 36.7 Å². The number of aromatic nitrogens is 4. The molecule has 6 heteroatoms. The molecule has 108 valence electrons. The van der Waals surface area contributed by atoms with Crippen molar-refractivity contribution >= 4 is 17.0 Å². The molecule has 0 spiro atoms. The highest BCUT2D eigenvalue weighted by Crippen LogP contribution is 2.18. The molecule has 0 unspecified atom stereocenters. The van der Waals surface area contributed by atoms with Gasteiger partial charge in [0.15, 0.2) is 0 Å². The van der Waals surface area contributed by atoms with Crippen molar-refractivity contribution in [2.45, 2.75) is 26.4 Å². The van der Waals surface area contributed by atoms with Crippen LogP contribution in [0.3, 0.4) is 0 Å². The summed E-state index contributed by atoms with van der Waals surface area (Å²) in [7, 11) is 0. The average Bonchev–Trinajstić information content (AvgIpc) is 3.06. The third kappa shape index (κ3) is 2.65. The molecule has 0 aliphatic rings. The van der Waals surface area contributed by atoms with Crippen molar-refractivity contribution in [2.75, 3.05) is 0 Å². The fraction of sp³-hybridized carbons (Fsp3) is 0.267. The number of hydrogen-bond donors (Lipinski definition) is 1. The smallest absolute Gasteiger partial charge is 0.335 e. The minimum atomic E-state index is -0.928. The summed E-state index contributed by atoms with van der Waals surface area (Å²) in [5.41, 5.74) is 1.97. The maximum Gasteiger partial charge on any atom is 0.335 e. The molecule has 1 aromatic carbocycles. The number of nitrogens with zero attached hydrogens (tertiary/aromatic N) is 4. The third-order valence-corrected chi connectivity index (χ3v) is 3.51. The number of carboxylic acid groups (broad SMARTS) is 1. The van der Waals surface area contributed by atoms with Crippen LogP contribution in [0.2, 0.25) is 0 Å². The lowest BCUT2D eigenvalue weighted by Crippen LogP contribution is -2.05. The Morgan fingerprint density at radius 3 is 2.90 bits per heavy atom. The van der Waals surface area contributed by atoms with Gasteiger partial charge in [-0.25, -0.2) is 9.78 Å². The first-order valence-corrected chi connectivity index (χ1v) is 6.83. The van der Waals surface area contributed by atoms with E-state index in [1.54, 1.807) is 18.3 Å². The molecule has 0 bridgehead atoms. The van der Waals surface area contributed by atoms with Crippen molar-refractivity contribution < 1.29 is 9.90 Å². The number of benzene rings is 1. The fourth-order valence-corrected chi connectivity index (χ4v) is 2.49. The van der Waals surface area contributed by atoms with E-state index >= 15 is 0 Å². The van der Waals surface area contributed by atoms with Crippen LogP contribution in [0.5, 0.6) is 0 Å². The Labute approximate surface area is 121 Å². The predicted octanol–water partition coefficient (Wildman–Crippen LogP) is 2.33. The monoisotopic (exact) mass is 284 g/mol. The van der Waals surface area contributed by atoms with E-state index in [-0.39, 0.29) is 5.56 Å². The third-order valence-electron chi connectivity index (χ3n) is 3.51. The van der Waals surface area contributed by atoms with Crippen molar-refractivity contribution in [1.82, 2.24) is 19.3 Å². The summed E-state index contributed by atoms with van der Waals surface area (Å²) in [6.07, 6.45) is 4.65. The van der Waals surface area contributed by atoms with Crippen LogP contribution in [-0.2, 0) is 13.1 Å². The molecule has 0 aliphatic heterocycles. The van der Waals surface area contributed by atoms with Crippen molar-refractivity contribution in [2.24, 2.45) is 0 Å². The fourth-order valence-electron chi connectivity index (χ4n) is 2.49.